The monoisotopic (exact) mass is 424 g/mol. The minimum Gasteiger partial charge on any atom is -0.342 e. The van der Waals surface area contributed by atoms with E-state index in [1.54, 1.807) is 0 Å². The number of hydrogen-bond donors (Lipinski definition) is 0. The average molecular weight is 425 g/mol. The van der Waals surface area contributed by atoms with Crippen LogP contribution >= 0.6 is 0 Å². The summed E-state index contributed by atoms with van der Waals surface area (Å²) in [5, 5.41) is 0. The Morgan fingerprint density at radius 3 is 2.35 bits per heavy atom. The Bertz CT molecular complexity index is 885. The van der Waals surface area contributed by atoms with Crippen molar-refractivity contribution in [1.82, 2.24) is 19.8 Å². The Balaban J connectivity index is 1.43. The number of likely N-dealkylation sites (tertiary alicyclic amines) is 2. The van der Waals surface area contributed by atoms with Gasteiger partial charge in [0, 0.05) is 49.0 Å². The van der Waals surface area contributed by atoms with Gasteiger partial charge in [-0.25, -0.2) is 14.4 Å². The van der Waals surface area contributed by atoms with Crippen molar-refractivity contribution in [3.8, 4) is 0 Å². The van der Waals surface area contributed by atoms with Gasteiger partial charge in [-0.2, -0.15) is 0 Å². The van der Waals surface area contributed by atoms with E-state index in [0.717, 1.165) is 86.7 Å². The molecule has 1 aromatic heterocycles. The van der Waals surface area contributed by atoms with Gasteiger partial charge in [-0.05, 0) is 70.2 Å². The van der Waals surface area contributed by atoms with Crippen molar-refractivity contribution in [3.63, 3.8) is 0 Å². The number of benzene rings is 1. The molecule has 0 radical (unpaired) electrons. The molecule has 1 atom stereocenters. The molecule has 6 heteroatoms. The van der Waals surface area contributed by atoms with Crippen molar-refractivity contribution in [1.29, 1.82) is 0 Å². The van der Waals surface area contributed by atoms with Crippen molar-refractivity contribution in [2.24, 2.45) is 0 Å². The highest BCUT2D eigenvalue weighted by Gasteiger charge is 2.26. The van der Waals surface area contributed by atoms with E-state index in [9.17, 15) is 9.18 Å². The molecule has 3 heterocycles. The van der Waals surface area contributed by atoms with Gasteiger partial charge in [0.05, 0.1) is 6.42 Å². The lowest BCUT2D eigenvalue weighted by Gasteiger charge is -2.32. The summed E-state index contributed by atoms with van der Waals surface area (Å²) in [7, 11) is 0. The number of aromatic nitrogens is 2. The first-order chi connectivity index (χ1) is 15.0. The third-order valence-corrected chi connectivity index (χ3v) is 6.66. The first-order valence-corrected chi connectivity index (χ1v) is 11.6. The highest BCUT2D eigenvalue weighted by Crippen LogP contribution is 2.27. The van der Waals surface area contributed by atoms with Gasteiger partial charge in [-0.3, -0.25) is 9.69 Å². The molecule has 0 spiro atoms. The van der Waals surface area contributed by atoms with Gasteiger partial charge in [0.25, 0.3) is 0 Å². The molecular weight excluding hydrogens is 391 g/mol. The van der Waals surface area contributed by atoms with Crippen LogP contribution in [0.5, 0.6) is 0 Å². The maximum Gasteiger partial charge on any atom is 0.227 e. The van der Waals surface area contributed by atoms with Crippen molar-refractivity contribution in [2.45, 2.75) is 64.8 Å². The van der Waals surface area contributed by atoms with Crippen LogP contribution in [-0.2, 0) is 17.8 Å². The van der Waals surface area contributed by atoms with E-state index in [4.69, 9.17) is 9.97 Å². The molecule has 0 saturated carbocycles. The zero-order chi connectivity index (χ0) is 21.8. The van der Waals surface area contributed by atoms with Gasteiger partial charge in [-0.15, -0.1) is 0 Å². The maximum atomic E-state index is 13.2. The predicted octanol–water partition coefficient (Wildman–Crippen LogP) is 4.17. The number of nitrogens with zero attached hydrogens (tertiary/aromatic N) is 4. The van der Waals surface area contributed by atoms with Crippen molar-refractivity contribution in [3.05, 3.63) is 58.4 Å². The summed E-state index contributed by atoms with van der Waals surface area (Å²) in [4.78, 5) is 26.8. The van der Waals surface area contributed by atoms with Crippen LogP contribution in [0.4, 0.5) is 4.39 Å². The maximum absolute atomic E-state index is 13.2. The number of carbonyl (C=O) groups is 1. The fourth-order valence-electron chi connectivity index (χ4n) is 4.87. The van der Waals surface area contributed by atoms with Gasteiger partial charge in [0.1, 0.15) is 11.6 Å². The normalized spacial score (nSPS) is 20.1. The number of carbonyl (C=O) groups excluding carboxylic acids is 1. The van der Waals surface area contributed by atoms with E-state index in [1.165, 1.54) is 18.6 Å². The zero-order valence-electron chi connectivity index (χ0n) is 18.7. The summed E-state index contributed by atoms with van der Waals surface area (Å²) in [5.74, 6) is 1.19. The Morgan fingerprint density at radius 1 is 1.00 bits per heavy atom. The first kappa shape index (κ1) is 21.9. The van der Waals surface area contributed by atoms with E-state index in [2.05, 4.69) is 4.90 Å². The SMILES string of the molecule is Cc1nc([C@H]2CCCN(Cc3ccc(F)cc3)C2)nc(C)c1CC(=O)N1CCCCC1. The molecule has 2 fully saturated rings. The lowest BCUT2D eigenvalue weighted by Crippen LogP contribution is -2.37. The van der Waals surface area contributed by atoms with Gasteiger partial charge in [0.15, 0.2) is 0 Å². The summed E-state index contributed by atoms with van der Waals surface area (Å²) < 4.78 is 13.2. The number of amides is 1. The number of halogens is 1. The molecule has 0 bridgehead atoms. The molecular formula is C25H33FN4O. The van der Waals surface area contributed by atoms with Gasteiger partial charge in [0.2, 0.25) is 5.91 Å². The lowest BCUT2D eigenvalue weighted by molar-refractivity contribution is -0.131. The molecule has 5 nitrogen and oxygen atoms in total. The van der Waals surface area contributed by atoms with E-state index in [1.807, 2.05) is 30.9 Å². The molecule has 166 valence electrons. The van der Waals surface area contributed by atoms with Gasteiger partial charge in [-0.1, -0.05) is 12.1 Å². The Morgan fingerprint density at radius 2 is 1.68 bits per heavy atom. The van der Waals surface area contributed by atoms with Crippen molar-refractivity contribution in [2.75, 3.05) is 26.2 Å². The fraction of sp³-hybridized carbons (Fsp3) is 0.560. The number of rotatable bonds is 5. The van der Waals surface area contributed by atoms with Gasteiger partial charge >= 0.3 is 0 Å². The van der Waals surface area contributed by atoms with E-state index in [-0.39, 0.29) is 11.7 Å². The second-order valence-corrected chi connectivity index (χ2v) is 9.05. The predicted molar refractivity (Wildman–Crippen MR) is 119 cm³/mol. The van der Waals surface area contributed by atoms with Crippen LogP contribution in [0, 0.1) is 19.7 Å². The van der Waals surface area contributed by atoms with Crippen LogP contribution in [0.2, 0.25) is 0 Å². The van der Waals surface area contributed by atoms with Gasteiger partial charge < -0.3 is 4.90 Å². The first-order valence-electron chi connectivity index (χ1n) is 11.6. The topological polar surface area (TPSA) is 49.3 Å². The Kier molecular flexibility index (Phi) is 6.96. The molecule has 0 unspecified atom stereocenters. The minimum absolute atomic E-state index is 0.196. The highest BCUT2D eigenvalue weighted by atomic mass is 19.1. The smallest absolute Gasteiger partial charge is 0.227 e. The van der Waals surface area contributed by atoms with E-state index in [0.29, 0.717) is 12.3 Å². The molecule has 2 aromatic rings. The fourth-order valence-corrected chi connectivity index (χ4v) is 4.87. The summed E-state index contributed by atoms with van der Waals surface area (Å²) in [6.45, 7) is 8.53. The number of aryl methyl sites for hydroxylation is 2. The average Bonchev–Trinajstić information content (AvgIpc) is 2.78. The molecule has 2 saturated heterocycles. The molecule has 2 aliphatic heterocycles. The summed E-state index contributed by atoms with van der Waals surface area (Å²) in [6, 6.07) is 6.77. The third-order valence-electron chi connectivity index (χ3n) is 6.66. The van der Waals surface area contributed by atoms with Crippen LogP contribution in [0.25, 0.3) is 0 Å². The third kappa shape index (κ3) is 5.48. The van der Waals surface area contributed by atoms with E-state index >= 15 is 0 Å². The van der Waals surface area contributed by atoms with Crippen LogP contribution in [-0.4, -0.2) is 51.9 Å². The molecule has 0 aliphatic carbocycles. The molecule has 0 N–H and O–H groups in total. The number of hydrogen-bond acceptors (Lipinski definition) is 4. The zero-order valence-corrected chi connectivity index (χ0v) is 18.7. The largest absolute Gasteiger partial charge is 0.342 e. The second kappa shape index (κ2) is 9.86. The van der Waals surface area contributed by atoms with Crippen LogP contribution in [0.1, 0.15) is 66.4 Å². The lowest BCUT2D eigenvalue weighted by atomic mass is 9.96. The highest BCUT2D eigenvalue weighted by molar-refractivity contribution is 5.79. The van der Waals surface area contributed by atoms with Crippen LogP contribution in [0.3, 0.4) is 0 Å². The Hall–Kier alpha value is -2.34. The quantitative estimate of drug-likeness (QED) is 0.723. The second-order valence-electron chi connectivity index (χ2n) is 9.05. The molecule has 4 rings (SSSR count). The molecule has 1 amide bonds. The van der Waals surface area contributed by atoms with E-state index < -0.39 is 0 Å². The molecule has 2 aliphatic rings. The Labute approximate surface area is 184 Å². The van der Waals surface area contributed by atoms with Crippen molar-refractivity contribution < 1.29 is 9.18 Å². The minimum atomic E-state index is -0.196. The summed E-state index contributed by atoms with van der Waals surface area (Å²) in [6.07, 6.45) is 6.01. The summed E-state index contributed by atoms with van der Waals surface area (Å²) in [5.41, 5.74) is 3.98. The van der Waals surface area contributed by atoms with Crippen LogP contribution < -0.4 is 0 Å². The number of piperidine rings is 2. The molecule has 31 heavy (non-hydrogen) atoms. The molecule has 1 aromatic carbocycles. The summed E-state index contributed by atoms with van der Waals surface area (Å²) >= 11 is 0. The standard InChI is InChI=1S/C25H33FN4O/c1-18-23(15-24(31)30-13-4-3-5-14-30)19(2)28-25(27-18)21-7-6-12-29(17-21)16-20-8-10-22(26)11-9-20/h8-11,21H,3-7,12-17H2,1-2H3/t21-/m0/s1. The van der Waals surface area contributed by atoms with Crippen molar-refractivity contribution >= 4 is 5.91 Å². The van der Waals surface area contributed by atoms with Crippen LogP contribution in [0.15, 0.2) is 24.3 Å².